The van der Waals surface area contributed by atoms with E-state index in [1.165, 1.54) is 19.0 Å². The van der Waals surface area contributed by atoms with Crippen LogP contribution in [0.5, 0.6) is 0 Å². The molecule has 0 aromatic rings. The van der Waals surface area contributed by atoms with Gasteiger partial charge >= 0.3 is 12.0 Å². The van der Waals surface area contributed by atoms with Gasteiger partial charge in [0.05, 0.1) is 5.92 Å². The number of hydrogen-bond acceptors (Lipinski definition) is 3. The van der Waals surface area contributed by atoms with Crippen molar-refractivity contribution in [3.05, 3.63) is 0 Å². The molecule has 0 aromatic carbocycles. The van der Waals surface area contributed by atoms with Crippen molar-refractivity contribution in [3.63, 3.8) is 0 Å². The number of carbonyl (C=O) groups excluding carboxylic acids is 2. The molecular formula is C13H21N3O4. The first-order valence-electron chi connectivity index (χ1n) is 6.89. The zero-order valence-electron chi connectivity index (χ0n) is 11.8. The highest BCUT2D eigenvalue weighted by Gasteiger charge is 2.51. The Bertz CT molecular complexity index is 426. The third kappa shape index (κ3) is 2.71. The van der Waals surface area contributed by atoms with Crippen molar-refractivity contribution in [2.75, 3.05) is 20.6 Å². The summed E-state index contributed by atoms with van der Waals surface area (Å²) in [6, 6.07) is -0.705. The number of nitrogens with zero attached hydrogens (tertiary/aromatic N) is 1. The predicted octanol–water partition coefficient (Wildman–Crippen LogP) is -0.127. The van der Waals surface area contributed by atoms with Crippen LogP contribution in [0.4, 0.5) is 4.79 Å². The second-order valence-corrected chi connectivity index (χ2v) is 5.70. The zero-order valence-corrected chi connectivity index (χ0v) is 11.8. The Hall–Kier alpha value is -1.79. The molecule has 2 fully saturated rings. The summed E-state index contributed by atoms with van der Waals surface area (Å²) in [5.41, 5.74) is 0. The van der Waals surface area contributed by atoms with Crippen LogP contribution in [0.3, 0.4) is 0 Å². The maximum Gasteiger partial charge on any atom is 0.317 e. The van der Waals surface area contributed by atoms with Crippen LogP contribution in [0, 0.1) is 17.8 Å². The molecule has 2 aliphatic rings. The normalized spacial score (nSPS) is 30.9. The molecule has 0 aliphatic heterocycles. The van der Waals surface area contributed by atoms with Crippen LogP contribution >= 0.6 is 0 Å². The predicted molar refractivity (Wildman–Crippen MR) is 71.0 cm³/mol. The second-order valence-electron chi connectivity index (χ2n) is 5.70. The molecule has 0 spiro atoms. The smallest absolute Gasteiger partial charge is 0.317 e. The largest absolute Gasteiger partial charge is 0.481 e. The molecule has 3 N–H and O–H groups in total. The summed E-state index contributed by atoms with van der Waals surface area (Å²) in [4.78, 5) is 35.9. The molecule has 0 saturated heterocycles. The van der Waals surface area contributed by atoms with E-state index in [0.29, 0.717) is 0 Å². The maximum atomic E-state index is 12.0. The number of amides is 3. The molecule has 3 amide bonds. The molecule has 2 saturated carbocycles. The summed E-state index contributed by atoms with van der Waals surface area (Å²) in [6.07, 6.45) is 2.78. The molecule has 0 radical (unpaired) electrons. The van der Waals surface area contributed by atoms with Gasteiger partial charge in [-0.1, -0.05) is 0 Å². The van der Waals surface area contributed by atoms with Crippen LogP contribution in [0.25, 0.3) is 0 Å². The molecule has 4 unspecified atom stereocenters. The fourth-order valence-electron chi connectivity index (χ4n) is 3.47. The summed E-state index contributed by atoms with van der Waals surface area (Å²) in [7, 11) is 3.03. The SMILES string of the molecule is CNC(=O)CN(C)C(=O)NC1C2CCC(C2)C1C(=O)O. The van der Waals surface area contributed by atoms with Crippen LogP contribution in [0.2, 0.25) is 0 Å². The highest BCUT2D eigenvalue weighted by Crippen LogP contribution is 2.48. The van der Waals surface area contributed by atoms with Crippen LogP contribution in [0.1, 0.15) is 19.3 Å². The monoisotopic (exact) mass is 283 g/mol. The fourth-order valence-corrected chi connectivity index (χ4v) is 3.47. The molecule has 7 nitrogen and oxygen atoms in total. The standard InChI is InChI=1S/C13H21N3O4/c1-14-9(17)6-16(2)13(20)15-11-8-4-3-7(5-8)10(11)12(18)19/h7-8,10-11H,3-6H2,1-2H3,(H,14,17)(H,15,20)(H,18,19). The average molecular weight is 283 g/mol. The number of carboxylic acids is 1. The third-order valence-corrected chi connectivity index (χ3v) is 4.50. The van der Waals surface area contributed by atoms with Gasteiger partial charge in [0.2, 0.25) is 5.91 Å². The van der Waals surface area contributed by atoms with Crippen LogP contribution in [0.15, 0.2) is 0 Å². The minimum atomic E-state index is -0.837. The van der Waals surface area contributed by atoms with E-state index >= 15 is 0 Å². The van der Waals surface area contributed by atoms with Gasteiger partial charge in [0.1, 0.15) is 6.54 Å². The first kappa shape index (κ1) is 14.6. The Morgan fingerprint density at radius 2 is 1.90 bits per heavy atom. The van der Waals surface area contributed by atoms with E-state index in [9.17, 15) is 19.5 Å². The van der Waals surface area contributed by atoms with Gasteiger partial charge in [-0.3, -0.25) is 9.59 Å². The lowest BCUT2D eigenvalue weighted by molar-refractivity contribution is -0.144. The van der Waals surface area contributed by atoms with Crippen LogP contribution in [-0.2, 0) is 9.59 Å². The van der Waals surface area contributed by atoms with Crippen molar-refractivity contribution < 1.29 is 19.5 Å². The lowest BCUT2D eigenvalue weighted by atomic mass is 9.84. The lowest BCUT2D eigenvalue weighted by Crippen LogP contribution is -2.51. The van der Waals surface area contributed by atoms with Crippen molar-refractivity contribution in [2.24, 2.45) is 17.8 Å². The van der Waals surface area contributed by atoms with E-state index < -0.39 is 17.9 Å². The quantitative estimate of drug-likeness (QED) is 0.669. The molecular weight excluding hydrogens is 262 g/mol. The van der Waals surface area contributed by atoms with Gasteiger partial charge in [-0.05, 0) is 31.1 Å². The molecule has 20 heavy (non-hydrogen) atoms. The van der Waals surface area contributed by atoms with Crippen LogP contribution < -0.4 is 10.6 Å². The number of rotatable bonds is 4. The van der Waals surface area contributed by atoms with Gasteiger partial charge in [0.15, 0.2) is 0 Å². The Morgan fingerprint density at radius 3 is 2.50 bits per heavy atom. The maximum absolute atomic E-state index is 12.0. The van der Waals surface area contributed by atoms with Crippen molar-refractivity contribution in [1.82, 2.24) is 15.5 Å². The summed E-state index contributed by atoms with van der Waals surface area (Å²) in [6.45, 7) is -0.0408. The van der Waals surface area contributed by atoms with Crippen molar-refractivity contribution in [3.8, 4) is 0 Å². The van der Waals surface area contributed by atoms with Gasteiger partial charge in [0.25, 0.3) is 0 Å². The molecule has 2 rings (SSSR count). The summed E-state index contributed by atoms with van der Waals surface area (Å²) in [5.74, 6) is -1.17. The van der Waals surface area contributed by atoms with E-state index in [4.69, 9.17) is 0 Å². The number of carbonyl (C=O) groups is 3. The van der Waals surface area contributed by atoms with Gasteiger partial charge in [-0.25, -0.2) is 4.79 Å². The fraction of sp³-hybridized carbons (Fsp3) is 0.769. The molecule has 0 aromatic heterocycles. The number of nitrogens with one attached hydrogen (secondary N) is 2. The number of carboxylic acid groups (broad SMARTS) is 1. The highest BCUT2D eigenvalue weighted by molar-refractivity contribution is 5.84. The van der Waals surface area contributed by atoms with E-state index in [2.05, 4.69) is 10.6 Å². The van der Waals surface area contributed by atoms with Gasteiger partial charge in [-0.2, -0.15) is 0 Å². The van der Waals surface area contributed by atoms with E-state index in [-0.39, 0.29) is 30.3 Å². The summed E-state index contributed by atoms with van der Waals surface area (Å²) < 4.78 is 0. The molecule has 2 bridgehead atoms. The second kappa shape index (κ2) is 5.68. The van der Waals surface area contributed by atoms with Gasteiger partial charge < -0.3 is 20.6 Å². The van der Waals surface area contributed by atoms with E-state index in [0.717, 1.165) is 19.3 Å². The molecule has 2 aliphatic carbocycles. The first-order chi connectivity index (χ1) is 9.43. The van der Waals surface area contributed by atoms with E-state index in [1.807, 2.05) is 0 Å². The van der Waals surface area contributed by atoms with Crippen LogP contribution in [-0.4, -0.2) is 54.6 Å². The Labute approximate surface area is 117 Å². The minimum Gasteiger partial charge on any atom is -0.481 e. The number of aliphatic carboxylic acids is 1. The minimum absolute atomic E-state index is 0.0408. The molecule has 4 atom stereocenters. The van der Waals surface area contributed by atoms with Crippen molar-refractivity contribution >= 4 is 17.9 Å². The number of urea groups is 1. The first-order valence-corrected chi connectivity index (χ1v) is 6.89. The Kier molecular flexibility index (Phi) is 4.15. The van der Waals surface area contributed by atoms with Crippen molar-refractivity contribution in [1.29, 1.82) is 0 Å². The number of fused-ring (bicyclic) bond motifs is 2. The highest BCUT2D eigenvalue weighted by atomic mass is 16.4. The Morgan fingerprint density at radius 1 is 1.25 bits per heavy atom. The van der Waals surface area contributed by atoms with Gasteiger partial charge in [-0.15, -0.1) is 0 Å². The number of likely N-dealkylation sites (N-methyl/N-ethyl adjacent to an activating group) is 2. The van der Waals surface area contributed by atoms with Crippen molar-refractivity contribution in [2.45, 2.75) is 25.3 Å². The summed E-state index contributed by atoms with van der Waals surface area (Å²) >= 11 is 0. The molecule has 0 heterocycles. The van der Waals surface area contributed by atoms with Gasteiger partial charge in [0, 0.05) is 20.1 Å². The zero-order chi connectivity index (χ0) is 14.9. The lowest BCUT2D eigenvalue weighted by Gasteiger charge is -2.30. The number of hydrogen-bond donors (Lipinski definition) is 3. The Balaban J connectivity index is 1.96. The molecule has 7 heteroatoms. The van der Waals surface area contributed by atoms with E-state index in [1.54, 1.807) is 0 Å². The third-order valence-electron chi connectivity index (χ3n) is 4.50. The molecule has 112 valence electrons. The topological polar surface area (TPSA) is 98.7 Å². The summed E-state index contributed by atoms with van der Waals surface area (Å²) in [5, 5.41) is 14.6. The average Bonchev–Trinajstić information content (AvgIpc) is 2.98.